The number of ether oxygens (including phenoxy) is 1. The summed E-state index contributed by atoms with van der Waals surface area (Å²) in [5.74, 6) is -2.91. The number of rotatable bonds is 7. The van der Waals surface area contributed by atoms with Gasteiger partial charge in [0.2, 0.25) is 0 Å². The maximum Gasteiger partial charge on any atom is 0.411 e. The van der Waals surface area contributed by atoms with Gasteiger partial charge in [-0.15, -0.1) is 0 Å². The molecule has 0 atom stereocenters. The maximum absolute atomic E-state index is 14.3. The summed E-state index contributed by atoms with van der Waals surface area (Å²) in [6.07, 6.45) is -0.746. The van der Waals surface area contributed by atoms with Gasteiger partial charge in [0.05, 0.1) is 5.56 Å². The predicted molar refractivity (Wildman–Crippen MR) is 124 cm³/mol. The fourth-order valence-corrected chi connectivity index (χ4v) is 4.18. The van der Waals surface area contributed by atoms with Gasteiger partial charge in [-0.05, 0) is 47.4 Å². The zero-order valence-electron chi connectivity index (χ0n) is 18.5. The summed E-state index contributed by atoms with van der Waals surface area (Å²) in [7, 11) is 0. The topological polar surface area (TPSA) is 95.9 Å². The van der Waals surface area contributed by atoms with Gasteiger partial charge in [-0.1, -0.05) is 48.5 Å². The lowest BCUT2D eigenvalue weighted by Gasteiger charge is -2.19. The Morgan fingerprint density at radius 3 is 2.21 bits per heavy atom. The van der Waals surface area contributed by atoms with Crippen LogP contribution >= 0.6 is 0 Å². The minimum atomic E-state index is -1.21. The zero-order chi connectivity index (χ0) is 24.2. The van der Waals surface area contributed by atoms with Gasteiger partial charge in [-0.3, -0.25) is 14.9 Å². The molecule has 0 aromatic heterocycles. The molecule has 7 nitrogen and oxygen atoms in total. The van der Waals surface area contributed by atoms with Gasteiger partial charge in [0.15, 0.2) is 0 Å². The number of carboxylic acids is 1. The van der Waals surface area contributed by atoms with Crippen molar-refractivity contribution < 1.29 is 28.6 Å². The molecule has 34 heavy (non-hydrogen) atoms. The molecule has 0 fully saturated rings. The predicted octanol–water partition coefficient (Wildman–Crippen LogP) is 4.73. The average Bonchev–Trinajstić information content (AvgIpc) is 3.15. The Kier molecular flexibility index (Phi) is 6.58. The van der Waals surface area contributed by atoms with Crippen molar-refractivity contribution in [1.29, 1.82) is 0 Å². The van der Waals surface area contributed by atoms with E-state index in [1.807, 2.05) is 48.5 Å². The van der Waals surface area contributed by atoms with E-state index in [0.717, 1.165) is 33.2 Å². The number of likely N-dealkylation sites (N-methyl/N-ethyl adjacent to an activating group) is 1. The van der Waals surface area contributed by atoms with Crippen LogP contribution < -0.4 is 5.32 Å². The average molecular weight is 462 g/mol. The quantitative estimate of drug-likeness (QED) is 0.529. The largest absolute Gasteiger partial charge is 0.480 e. The number of hydrogen-bond donors (Lipinski definition) is 2. The number of amides is 2. The van der Waals surface area contributed by atoms with Gasteiger partial charge in [-0.2, -0.15) is 0 Å². The molecule has 0 radical (unpaired) electrons. The third-order valence-corrected chi connectivity index (χ3v) is 5.78. The Morgan fingerprint density at radius 2 is 1.62 bits per heavy atom. The first-order valence-corrected chi connectivity index (χ1v) is 10.8. The maximum atomic E-state index is 14.3. The van der Waals surface area contributed by atoms with Crippen LogP contribution in [-0.4, -0.2) is 47.7 Å². The molecule has 2 amide bonds. The highest BCUT2D eigenvalue weighted by Gasteiger charge is 2.29. The van der Waals surface area contributed by atoms with Crippen molar-refractivity contribution in [2.24, 2.45) is 0 Å². The summed E-state index contributed by atoms with van der Waals surface area (Å²) in [5, 5.41) is 11.5. The van der Waals surface area contributed by atoms with E-state index in [1.165, 1.54) is 12.1 Å². The number of nitrogens with one attached hydrogen (secondary N) is 1. The molecule has 174 valence electrons. The van der Waals surface area contributed by atoms with Gasteiger partial charge in [-0.25, -0.2) is 9.18 Å². The van der Waals surface area contributed by atoms with Gasteiger partial charge in [0.25, 0.3) is 5.91 Å². The second-order valence-corrected chi connectivity index (χ2v) is 7.86. The molecule has 0 aliphatic heterocycles. The fraction of sp³-hybridized carbons (Fsp3) is 0.192. The lowest BCUT2D eigenvalue weighted by Crippen LogP contribution is -2.36. The molecule has 3 aromatic carbocycles. The van der Waals surface area contributed by atoms with E-state index in [4.69, 9.17) is 9.84 Å². The van der Waals surface area contributed by atoms with E-state index in [1.54, 1.807) is 6.92 Å². The van der Waals surface area contributed by atoms with Crippen molar-refractivity contribution in [1.82, 2.24) is 4.90 Å². The van der Waals surface area contributed by atoms with Crippen molar-refractivity contribution in [3.05, 3.63) is 89.2 Å². The van der Waals surface area contributed by atoms with Crippen LogP contribution in [0.2, 0.25) is 0 Å². The van der Waals surface area contributed by atoms with Gasteiger partial charge < -0.3 is 14.7 Å². The van der Waals surface area contributed by atoms with Gasteiger partial charge in [0, 0.05) is 18.2 Å². The first kappa shape index (κ1) is 23.0. The number of aliphatic carboxylic acids is 1. The van der Waals surface area contributed by atoms with Crippen LogP contribution in [0.5, 0.6) is 0 Å². The highest BCUT2D eigenvalue weighted by Crippen LogP contribution is 2.44. The first-order valence-electron chi connectivity index (χ1n) is 10.8. The standard InChI is InChI=1S/C26H23FN2O5/c1-2-29(14-24(30)31)25(32)21-13-16(11-12-23(21)27)28-26(33)34-15-22-19-9-5-3-7-17(19)18-8-4-6-10-20(18)22/h3-13,22H,2,14-15H2,1H3,(H,28,33)(H,30,31). The highest BCUT2D eigenvalue weighted by atomic mass is 19.1. The molecule has 4 rings (SSSR count). The number of halogens is 1. The van der Waals surface area contributed by atoms with Crippen molar-refractivity contribution in [2.45, 2.75) is 12.8 Å². The fourth-order valence-electron chi connectivity index (χ4n) is 4.18. The molecular weight excluding hydrogens is 439 g/mol. The summed E-state index contributed by atoms with van der Waals surface area (Å²) in [5.41, 5.74) is 4.19. The molecule has 0 unspecified atom stereocenters. The van der Waals surface area contributed by atoms with Crippen LogP contribution in [0.25, 0.3) is 11.1 Å². The molecule has 0 spiro atoms. The number of carbonyl (C=O) groups is 3. The number of carboxylic acid groups (broad SMARTS) is 1. The molecule has 0 saturated carbocycles. The van der Waals surface area contributed by atoms with Crippen LogP contribution in [0, 0.1) is 5.82 Å². The summed E-state index contributed by atoms with van der Waals surface area (Å²) in [4.78, 5) is 37.1. The van der Waals surface area contributed by atoms with E-state index in [0.29, 0.717) is 0 Å². The second-order valence-electron chi connectivity index (χ2n) is 7.86. The van der Waals surface area contributed by atoms with Crippen molar-refractivity contribution in [2.75, 3.05) is 25.0 Å². The van der Waals surface area contributed by atoms with Gasteiger partial charge in [0.1, 0.15) is 19.0 Å². The van der Waals surface area contributed by atoms with E-state index in [-0.39, 0.29) is 30.3 Å². The summed E-state index contributed by atoms with van der Waals surface area (Å²) < 4.78 is 19.8. The van der Waals surface area contributed by atoms with E-state index >= 15 is 0 Å². The first-order chi connectivity index (χ1) is 16.4. The Bertz CT molecular complexity index is 1210. The Labute approximate surface area is 195 Å². The number of benzene rings is 3. The lowest BCUT2D eigenvalue weighted by molar-refractivity contribution is -0.137. The monoisotopic (exact) mass is 462 g/mol. The molecule has 8 heteroatoms. The number of anilines is 1. The number of hydrogen-bond acceptors (Lipinski definition) is 4. The van der Waals surface area contributed by atoms with Crippen molar-refractivity contribution in [3.8, 4) is 11.1 Å². The SMILES string of the molecule is CCN(CC(=O)O)C(=O)c1cc(NC(=O)OCC2c3ccccc3-c3ccccc32)ccc1F. The summed E-state index contributed by atoms with van der Waals surface area (Å²) in [6, 6.07) is 19.4. The second kappa shape index (κ2) is 9.74. The van der Waals surface area contributed by atoms with Crippen molar-refractivity contribution in [3.63, 3.8) is 0 Å². The molecule has 0 heterocycles. The molecule has 0 saturated heterocycles. The molecule has 2 N–H and O–H groups in total. The summed E-state index contributed by atoms with van der Waals surface area (Å²) in [6.45, 7) is 1.24. The van der Waals surface area contributed by atoms with Crippen molar-refractivity contribution >= 4 is 23.7 Å². The van der Waals surface area contributed by atoms with Crippen LogP contribution in [0.4, 0.5) is 14.9 Å². The van der Waals surface area contributed by atoms with Crippen LogP contribution in [0.3, 0.4) is 0 Å². The molecule has 1 aliphatic rings. The number of carbonyl (C=O) groups excluding carboxylic acids is 2. The minimum absolute atomic E-state index is 0.0919. The summed E-state index contributed by atoms with van der Waals surface area (Å²) >= 11 is 0. The van der Waals surface area contributed by atoms with E-state index in [9.17, 15) is 18.8 Å². The Balaban J connectivity index is 1.46. The Morgan fingerprint density at radius 1 is 1.00 bits per heavy atom. The molecule has 0 bridgehead atoms. The van der Waals surface area contributed by atoms with Crippen LogP contribution in [0.15, 0.2) is 66.7 Å². The Hall–Kier alpha value is -4.20. The van der Waals surface area contributed by atoms with E-state index in [2.05, 4.69) is 5.32 Å². The van der Waals surface area contributed by atoms with Gasteiger partial charge >= 0.3 is 12.1 Å². The molecule has 3 aromatic rings. The smallest absolute Gasteiger partial charge is 0.411 e. The third-order valence-electron chi connectivity index (χ3n) is 5.78. The number of nitrogens with zero attached hydrogens (tertiary/aromatic N) is 1. The van der Waals surface area contributed by atoms with Crippen LogP contribution in [0.1, 0.15) is 34.3 Å². The van der Waals surface area contributed by atoms with Crippen LogP contribution in [-0.2, 0) is 9.53 Å². The lowest BCUT2D eigenvalue weighted by atomic mass is 9.98. The zero-order valence-corrected chi connectivity index (χ0v) is 18.5. The third kappa shape index (κ3) is 4.61. The number of fused-ring (bicyclic) bond motifs is 3. The minimum Gasteiger partial charge on any atom is -0.480 e. The molecule has 1 aliphatic carbocycles. The van der Waals surface area contributed by atoms with E-state index < -0.39 is 30.3 Å². The highest BCUT2D eigenvalue weighted by molar-refractivity contribution is 5.98. The normalized spacial score (nSPS) is 11.9. The molecular formula is C26H23FN2O5.